The molecule has 1 aliphatic rings. The van der Waals surface area contributed by atoms with Crippen LogP contribution in [0.3, 0.4) is 0 Å². The second kappa shape index (κ2) is 7.63. The smallest absolute Gasteiger partial charge is 0.268 e. The number of para-hydroxylation sites is 1. The maximum Gasteiger partial charge on any atom is 0.268 e. The molecule has 7 nitrogen and oxygen atoms in total. The number of nitrogens with one attached hydrogen (secondary N) is 1. The van der Waals surface area contributed by atoms with Crippen LogP contribution in [-0.2, 0) is 20.2 Å². The van der Waals surface area contributed by atoms with E-state index in [0.29, 0.717) is 18.4 Å². The van der Waals surface area contributed by atoms with Crippen molar-refractivity contribution in [1.29, 1.82) is 0 Å². The van der Waals surface area contributed by atoms with Crippen molar-refractivity contribution in [1.82, 2.24) is 4.72 Å². The van der Waals surface area contributed by atoms with Crippen LogP contribution < -0.4 is 15.2 Å². The van der Waals surface area contributed by atoms with Crippen LogP contribution in [0.2, 0.25) is 0 Å². The zero-order chi connectivity index (χ0) is 20.4. The molecule has 2 aromatic rings. The van der Waals surface area contributed by atoms with Crippen molar-refractivity contribution >= 4 is 21.8 Å². The molecule has 0 radical (unpaired) electrons. The molecule has 148 valence electrons. The fourth-order valence-electron chi connectivity index (χ4n) is 3.68. The van der Waals surface area contributed by atoms with Crippen molar-refractivity contribution in [2.24, 2.45) is 5.73 Å². The van der Waals surface area contributed by atoms with Crippen LogP contribution >= 0.6 is 0 Å². The van der Waals surface area contributed by atoms with Gasteiger partial charge in [0.1, 0.15) is 5.75 Å². The van der Waals surface area contributed by atoms with Crippen LogP contribution in [-0.4, -0.2) is 27.3 Å². The third-order valence-electron chi connectivity index (χ3n) is 5.22. The predicted octanol–water partition coefficient (Wildman–Crippen LogP) is 2.11. The number of hydrogen-bond acceptors (Lipinski definition) is 5. The summed E-state index contributed by atoms with van der Waals surface area (Å²) < 4.78 is 32.3. The predicted molar refractivity (Wildman–Crippen MR) is 103 cm³/mol. The highest BCUT2D eigenvalue weighted by Crippen LogP contribution is 2.41. The van der Waals surface area contributed by atoms with E-state index in [2.05, 4.69) is 0 Å². The van der Waals surface area contributed by atoms with Crippen LogP contribution in [0.25, 0.3) is 0 Å². The van der Waals surface area contributed by atoms with Gasteiger partial charge in [-0.3, -0.25) is 9.59 Å². The molecule has 28 heavy (non-hydrogen) atoms. The Bertz CT molecular complexity index is 994. The molecule has 0 aliphatic heterocycles. The molecule has 2 amide bonds. The van der Waals surface area contributed by atoms with Crippen molar-refractivity contribution in [3.8, 4) is 5.75 Å². The van der Waals surface area contributed by atoms with E-state index in [1.165, 1.54) is 25.3 Å². The molecule has 1 aliphatic carbocycles. The zero-order valence-corrected chi connectivity index (χ0v) is 16.3. The van der Waals surface area contributed by atoms with E-state index in [9.17, 15) is 18.0 Å². The lowest BCUT2D eigenvalue weighted by atomic mass is 9.78. The van der Waals surface area contributed by atoms with Crippen LogP contribution in [0.1, 0.15) is 41.6 Å². The molecular weight excluding hydrogens is 380 g/mol. The Kier molecular flexibility index (Phi) is 5.42. The second-order valence-electron chi connectivity index (χ2n) is 6.81. The number of ether oxygens (including phenoxy) is 1. The molecule has 0 spiro atoms. The molecule has 3 rings (SSSR count). The topological polar surface area (TPSA) is 116 Å². The number of sulfonamides is 1. The third kappa shape index (κ3) is 3.60. The van der Waals surface area contributed by atoms with Gasteiger partial charge < -0.3 is 10.5 Å². The summed E-state index contributed by atoms with van der Waals surface area (Å²) in [6.45, 7) is 0. The fraction of sp³-hybridized carbons (Fsp3) is 0.300. The molecule has 8 heteroatoms. The molecule has 0 aromatic heterocycles. The number of carbonyl (C=O) groups excluding carboxylic acids is 2. The van der Waals surface area contributed by atoms with Gasteiger partial charge in [0.25, 0.3) is 15.9 Å². The monoisotopic (exact) mass is 402 g/mol. The van der Waals surface area contributed by atoms with Crippen molar-refractivity contribution in [2.75, 3.05) is 7.11 Å². The van der Waals surface area contributed by atoms with Gasteiger partial charge in [-0.25, -0.2) is 13.1 Å². The lowest BCUT2D eigenvalue weighted by Gasteiger charge is -2.25. The fourth-order valence-corrected chi connectivity index (χ4v) is 4.64. The Balaban J connectivity index is 1.85. The van der Waals surface area contributed by atoms with E-state index < -0.39 is 27.3 Å². The Labute approximate surface area is 163 Å². The number of benzene rings is 2. The number of methoxy groups -OCH3 is 1. The molecule has 1 saturated carbocycles. The third-order valence-corrected chi connectivity index (χ3v) is 6.57. The summed E-state index contributed by atoms with van der Waals surface area (Å²) in [7, 11) is -2.68. The van der Waals surface area contributed by atoms with Crippen molar-refractivity contribution in [3.63, 3.8) is 0 Å². The minimum absolute atomic E-state index is 0.0721. The first kappa shape index (κ1) is 19.9. The number of amides is 2. The first-order chi connectivity index (χ1) is 13.3. The van der Waals surface area contributed by atoms with Gasteiger partial charge in [0, 0.05) is 0 Å². The number of primary amides is 1. The minimum atomic E-state index is -4.08. The van der Waals surface area contributed by atoms with Gasteiger partial charge in [0.2, 0.25) is 5.91 Å². The quantitative estimate of drug-likeness (QED) is 0.768. The van der Waals surface area contributed by atoms with Gasteiger partial charge >= 0.3 is 0 Å². The van der Waals surface area contributed by atoms with Gasteiger partial charge in [-0.2, -0.15) is 0 Å². The average molecular weight is 402 g/mol. The van der Waals surface area contributed by atoms with Crippen LogP contribution in [0, 0.1) is 0 Å². The molecule has 0 atom stereocenters. The summed E-state index contributed by atoms with van der Waals surface area (Å²) in [6.07, 6.45) is 3.11. The zero-order valence-electron chi connectivity index (χ0n) is 15.5. The van der Waals surface area contributed by atoms with Gasteiger partial charge in [-0.15, -0.1) is 0 Å². The lowest BCUT2D eigenvalue weighted by Crippen LogP contribution is -2.38. The van der Waals surface area contributed by atoms with Gasteiger partial charge in [0.15, 0.2) is 0 Å². The molecule has 0 saturated heterocycles. The van der Waals surface area contributed by atoms with E-state index in [1.807, 2.05) is 4.72 Å². The summed E-state index contributed by atoms with van der Waals surface area (Å²) >= 11 is 0. The van der Waals surface area contributed by atoms with E-state index in [0.717, 1.165) is 12.8 Å². The second-order valence-corrected chi connectivity index (χ2v) is 8.50. The van der Waals surface area contributed by atoms with E-state index >= 15 is 0 Å². The summed E-state index contributed by atoms with van der Waals surface area (Å²) in [5.41, 5.74) is 5.69. The van der Waals surface area contributed by atoms with Gasteiger partial charge in [0.05, 0.1) is 23.0 Å². The maximum atomic E-state index is 12.6. The number of nitrogens with two attached hydrogens (primary N) is 1. The molecule has 3 N–H and O–H groups in total. The Morgan fingerprint density at radius 2 is 1.64 bits per heavy atom. The number of hydrogen-bond donors (Lipinski definition) is 2. The number of carbonyl (C=O) groups is 2. The normalized spacial score (nSPS) is 15.8. The van der Waals surface area contributed by atoms with E-state index in [-0.39, 0.29) is 16.2 Å². The van der Waals surface area contributed by atoms with Gasteiger partial charge in [-0.1, -0.05) is 37.1 Å². The standard InChI is InChI=1S/C20H22N2O5S/c1-27-17-7-3-2-6-16(17)18(23)22-28(25,26)15-10-8-14(9-11-15)20(19(21)24)12-4-5-13-20/h2-3,6-11H,4-5,12-13H2,1H3,(H2,21,24)(H,22,23). The van der Waals surface area contributed by atoms with Crippen LogP contribution in [0.4, 0.5) is 0 Å². The first-order valence-electron chi connectivity index (χ1n) is 8.91. The maximum absolute atomic E-state index is 12.6. The van der Waals surface area contributed by atoms with Crippen LogP contribution in [0.5, 0.6) is 5.75 Å². The largest absolute Gasteiger partial charge is 0.496 e. The van der Waals surface area contributed by atoms with Crippen molar-refractivity contribution < 1.29 is 22.7 Å². The minimum Gasteiger partial charge on any atom is -0.496 e. The average Bonchev–Trinajstić information content (AvgIpc) is 3.19. The summed E-state index contributed by atoms with van der Waals surface area (Å²) in [5.74, 6) is -0.911. The molecule has 0 heterocycles. The molecule has 0 unspecified atom stereocenters. The van der Waals surface area contributed by atoms with Crippen molar-refractivity contribution in [2.45, 2.75) is 36.0 Å². The summed E-state index contributed by atoms with van der Waals surface area (Å²) in [6, 6.07) is 12.3. The van der Waals surface area contributed by atoms with Crippen molar-refractivity contribution in [3.05, 3.63) is 59.7 Å². The Morgan fingerprint density at radius 3 is 2.21 bits per heavy atom. The lowest BCUT2D eigenvalue weighted by molar-refractivity contribution is -0.123. The number of rotatable bonds is 6. The highest BCUT2D eigenvalue weighted by atomic mass is 32.2. The summed E-state index contributed by atoms with van der Waals surface area (Å²) in [4.78, 5) is 24.3. The Morgan fingerprint density at radius 1 is 1.04 bits per heavy atom. The van der Waals surface area contributed by atoms with E-state index in [4.69, 9.17) is 10.5 Å². The molecule has 2 aromatic carbocycles. The molecule has 0 bridgehead atoms. The van der Waals surface area contributed by atoms with Crippen LogP contribution in [0.15, 0.2) is 53.4 Å². The molecule has 1 fully saturated rings. The molecular formula is C20H22N2O5S. The first-order valence-corrected chi connectivity index (χ1v) is 10.4. The van der Waals surface area contributed by atoms with E-state index in [1.54, 1.807) is 30.3 Å². The van der Waals surface area contributed by atoms with Gasteiger partial charge in [-0.05, 0) is 42.7 Å². The Hall–Kier alpha value is -2.87. The highest BCUT2D eigenvalue weighted by Gasteiger charge is 2.41. The summed E-state index contributed by atoms with van der Waals surface area (Å²) in [5, 5.41) is 0. The SMILES string of the molecule is COc1ccccc1C(=O)NS(=O)(=O)c1ccc(C2(C(N)=O)CCCC2)cc1. The highest BCUT2D eigenvalue weighted by molar-refractivity contribution is 7.90.